The van der Waals surface area contributed by atoms with E-state index in [4.69, 9.17) is 4.74 Å². The van der Waals surface area contributed by atoms with E-state index < -0.39 is 0 Å². The highest BCUT2D eigenvalue weighted by atomic mass is 16.5. The van der Waals surface area contributed by atoms with Crippen LogP contribution in [0.1, 0.15) is 58.8 Å². The largest absolute Gasteiger partial charge is 0.382 e. The standard InChI is InChI=1S/C19H36N4O2/c1-4-17(24)23-12-8-16(14-23)22-18(20-3)21-15-19(9-6-7-10-19)11-13-25-5-2/h16H,4-15H2,1-3H3,(H2,20,21,22). The van der Waals surface area contributed by atoms with Crippen LogP contribution in [0, 0.1) is 5.41 Å². The van der Waals surface area contributed by atoms with E-state index in [-0.39, 0.29) is 5.91 Å². The van der Waals surface area contributed by atoms with Crippen LogP contribution in [0.2, 0.25) is 0 Å². The van der Waals surface area contributed by atoms with Gasteiger partial charge in [0.1, 0.15) is 0 Å². The molecule has 1 unspecified atom stereocenters. The van der Waals surface area contributed by atoms with Crippen LogP contribution >= 0.6 is 0 Å². The van der Waals surface area contributed by atoms with Crippen LogP contribution in [0.4, 0.5) is 0 Å². The van der Waals surface area contributed by atoms with E-state index in [1.54, 1.807) is 0 Å². The van der Waals surface area contributed by atoms with Gasteiger partial charge in [0.15, 0.2) is 5.96 Å². The van der Waals surface area contributed by atoms with Gasteiger partial charge in [0.2, 0.25) is 5.91 Å². The lowest BCUT2D eigenvalue weighted by Gasteiger charge is -2.30. The van der Waals surface area contributed by atoms with Crippen molar-refractivity contribution in [2.45, 2.75) is 64.8 Å². The molecule has 6 nitrogen and oxygen atoms in total. The highest BCUT2D eigenvalue weighted by Crippen LogP contribution is 2.40. The molecule has 0 radical (unpaired) electrons. The second kappa shape index (κ2) is 10.00. The average molecular weight is 353 g/mol. The van der Waals surface area contributed by atoms with Crippen LogP contribution in [-0.4, -0.2) is 62.7 Å². The van der Waals surface area contributed by atoms with E-state index in [2.05, 4.69) is 22.5 Å². The topological polar surface area (TPSA) is 66.0 Å². The second-order valence-corrected chi connectivity index (χ2v) is 7.40. The van der Waals surface area contributed by atoms with Crippen molar-refractivity contribution >= 4 is 11.9 Å². The number of hydrogen-bond donors (Lipinski definition) is 2. The molecular weight excluding hydrogens is 316 g/mol. The Morgan fingerprint density at radius 1 is 1.32 bits per heavy atom. The molecule has 1 aliphatic carbocycles. The summed E-state index contributed by atoms with van der Waals surface area (Å²) in [6, 6.07) is 0.296. The Bertz CT molecular complexity index is 447. The number of aliphatic imine (C=N–C) groups is 1. The summed E-state index contributed by atoms with van der Waals surface area (Å²) < 4.78 is 5.59. The van der Waals surface area contributed by atoms with Crippen molar-refractivity contribution in [3.05, 3.63) is 0 Å². The number of nitrogens with zero attached hydrogens (tertiary/aromatic N) is 2. The molecule has 144 valence electrons. The van der Waals surface area contributed by atoms with Crippen LogP contribution in [0.3, 0.4) is 0 Å². The van der Waals surface area contributed by atoms with Gasteiger partial charge >= 0.3 is 0 Å². The molecule has 0 aromatic heterocycles. The number of amides is 1. The lowest BCUT2D eigenvalue weighted by molar-refractivity contribution is -0.129. The fraction of sp³-hybridized carbons (Fsp3) is 0.895. The number of ether oxygens (including phenoxy) is 1. The van der Waals surface area contributed by atoms with E-state index in [9.17, 15) is 4.79 Å². The summed E-state index contributed by atoms with van der Waals surface area (Å²) in [6.45, 7) is 8.20. The lowest BCUT2D eigenvalue weighted by atomic mass is 9.83. The van der Waals surface area contributed by atoms with Gasteiger partial charge in [-0.3, -0.25) is 9.79 Å². The molecular formula is C19H36N4O2. The normalized spacial score (nSPS) is 23.1. The third kappa shape index (κ3) is 5.87. The second-order valence-electron chi connectivity index (χ2n) is 7.40. The Morgan fingerprint density at radius 3 is 2.72 bits per heavy atom. The molecule has 0 aromatic carbocycles. The van der Waals surface area contributed by atoms with Crippen molar-refractivity contribution in [1.29, 1.82) is 0 Å². The minimum Gasteiger partial charge on any atom is -0.382 e. The van der Waals surface area contributed by atoms with Crippen molar-refractivity contribution in [2.75, 3.05) is 39.9 Å². The summed E-state index contributed by atoms with van der Waals surface area (Å²) in [5.74, 6) is 1.10. The van der Waals surface area contributed by atoms with Gasteiger partial charge in [0.25, 0.3) is 0 Å². The number of carbonyl (C=O) groups is 1. The highest BCUT2D eigenvalue weighted by molar-refractivity contribution is 5.80. The molecule has 6 heteroatoms. The van der Waals surface area contributed by atoms with Gasteiger partial charge in [0, 0.05) is 52.4 Å². The number of guanidine groups is 1. The van der Waals surface area contributed by atoms with Crippen molar-refractivity contribution in [3.63, 3.8) is 0 Å². The third-order valence-corrected chi connectivity index (χ3v) is 5.68. The zero-order valence-electron chi connectivity index (χ0n) is 16.3. The first kappa shape index (κ1) is 20.0. The number of carbonyl (C=O) groups excluding carboxylic acids is 1. The Morgan fingerprint density at radius 2 is 2.08 bits per heavy atom. The molecule has 1 heterocycles. The molecule has 1 atom stereocenters. The van der Waals surface area contributed by atoms with Gasteiger partial charge in [-0.15, -0.1) is 0 Å². The molecule has 1 saturated carbocycles. The molecule has 1 saturated heterocycles. The van der Waals surface area contributed by atoms with Gasteiger partial charge in [-0.2, -0.15) is 0 Å². The monoisotopic (exact) mass is 352 g/mol. The molecule has 2 rings (SSSR count). The minimum atomic E-state index is 0.244. The van der Waals surface area contributed by atoms with Crippen molar-refractivity contribution in [2.24, 2.45) is 10.4 Å². The van der Waals surface area contributed by atoms with Gasteiger partial charge in [-0.25, -0.2) is 0 Å². The Balaban J connectivity index is 1.80. The summed E-state index contributed by atoms with van der Waals surface area (Å²) >= 11 is 0. The zero-order valence-corrected chi connectivity index (χ0v) is 16.3. The van der Waals surface area contributed by atoms with E-state index >= 15 is 0 Å². The maximum absolute atomic E-state index is 11.8. The van der Waals surface area contributed by atoms with Gasteiger partial charge in [-0.05, 0) is 38.0 Å². The van der Waals surface area contributed by atoms with E-state index in [0.717, 1.165) is 51.6 Å². The lowest BCUT2D eigenvalue weighted by Crippen LogP contribution is -2.48. The Hall–Kier alpha value is -1.30. The number of likely N-dealkylation sites (tertiary alicyclic amines) is 1. The first-order valence-corrected chi connectivity index (χ1v) is 9.95. The van der Waals surface area contributed by atoms with Gasteiger partial charge < -0.3 is 20.3 Å². The number of rotatable bonds is 8. The molecule has 1 aliphatic heterocycles. The quantitative estimate of drug-likeness (QED) is 0.399. The van der Waals surface area contributed by atoms with Crippen LogP contribution in [0.15, 0.2) is 4.99 Å². The van der Waals surface area contributed by atoms with E-state index in [1.165, 1.54) is 25.7 Å². The summed E-state index contributed by atoms with van der Waals surface area (Å²) in [7, 11) is 1.82. The predicted molar refractivity (Wildman–Crippen MR) is 102 cm³/mol. The summed E-state index contributed by atoms with van der Waals surface area (Å²) in [5.41, 5.74) is 0.340. The van der Waals surface area contributed by atoms with Crippen molar-refractivity contribution in [3.8, 4) is 0 Å². The van der Waals surface area contributed by atoms with E-state index in [0.29, 0.717) is 17.9 Å². The van der Waals surface area contributed by atoms with Crippen LogP contribution in [0.5, 0.6) is 0 Å². The van der Waals surface area contributed by atoms with Crippen LogP contribution < -0.4 is 10.6 Å². The summed E-state index contributed by atoms with van der Waals surface area (Å²) in [6.07, 6.45) is 7.86. The fourth-order valence-electron chi connectivity index (χ4n) is 4.06. The molecule has 2 N–H and O–H groups in total. The average Bonchev–Trinajstić information content (AvgIpc) is 3.28. The van der Waals surface area contributed by atoms with Crippen molar-refractivity contribution in [1.82, 2.24) is 15.5 Å². The fourth-order valence-corrected chi connectivity index (χ4v) is 4.06. The molecule has 0 aromatic rings. The number of nitrogens with one attached hydrogen (secondary N) is 2. The molecule has 2 fully saturated rings. The van der Waals surface area contributed by atoms with Gasteiger partial charge in [-0.1, -0.05) is 19.8 Å². The molecule has 1 amide bonds. The van der Waals surface area contributed by atoms with Crippen LogP contribution in [0.25, 0.3) is 0 Å². The smallest absolute Gasteiger partial charge is 0.222 e. The zero-order chi connectivity index (χ0) is 18.1. The molecule has 0 spiro atoms. The maximum atomic E-state index is 11.8. The molecule has 25 heavy (non-hydrogen) atoms. The summed E-state index contributed by atoms with van der Waals surface area (Å²) in [5, 5.41) is 7.04. The SMILES string of the molecule is CCOCCC1(CNC(=NC)NC2CCN(C(=O)CC)C2)CCCC1. The highest BCUT2D eigenvalue weighted by Gasteiger charge is 2.34. The van der Waals surface area contributed by atoms with Gasteiger partial charge in [0.05, 0.1) is 0 Å². The Kier molecular flexibility index (Phi) is 8.00. The van der Waals surface area contributed by atoms with Crippen LogP contribution in [-0.2, 0) is 9.53 Å². The summed E-state index contributed by atoms with van der Waals surface area (Å²) in [4.78, 5) is 18.2. The maximum Gasteiger partial charge on any atom is 0.222 e. The Labute approximate surface area is 152 Å². The number of hydrogen-bond acceptors (Lipinski definition) is 3. The first-order valence-electron chi connectivity index (χ1n) is 9.95. The minimum absolute atomic E-state index is 0.244. The molecule has 0 bridgehead atoms. The van der Waals surface area contributed by atoms with E-state index in [1.807, 2.05) is 18.9 Å². The van der Waals surface area contributed by atoms with Crippen molar-refractivity contribution < 1.29 is 9.53 Å². The predicted octanol–water partition coefficient (Wildman–Crippen LogP) is 2.15. The first-order chi connectivity index (χ1) is 12.1. The molecule has 2 aliphatic rings. The third-order valence-electron chi connectivity index (χ3n) is 5.68.